The highest BCUT2D eigenvalue weighted by atomic mass is 127. The fourth-order valence-electron chi connectivity index (χ4n) is 1.95. The predicted molar refractivity (Wildman–Crippen MR) is 112 cm³/mol. The molecule has 1 aromatic carbocycles. The van der Waals surface area contributed by atoms with Gasteiger partial charge in [-0.1, -0.05) is 18.2 Å². The van der Waals surface area contributed by atoms with Crippen molar-refractivity contribution in [3.63, 3.8) is 0 Å². The van der Waals surface area contributed by atoms with Crippen molar-refractivity contribution in [3.8, 4) is 5.75 Å². The standard InChI is InChI=1S/C17H24N4OS.HI/c1-3-18-17(21-13-16-20-12-14(2)23-16)19-10-7-11-22-15-8-5-4-6-9-15;/h4-6,8-9,12H,3,7,10-11,13H2,1-2H3,(H2,18,19,21);1H. The van der Waals surface area contributed by atoms with E-state index in [-0.39, 0.29) is 24.0 Å². The predicted octanol–water partition coefficient (Wildman–Crippen LogP) is 3.59. The Morgan fingerprint density at radius 2 is 2.04 bits per heavy atom. The number of aryl methyl sites for hydroxylation is 1. The molecule has 0 aliphatic heterocycles. The highest BCUT2D eigenvalue weighted by Crippen LogP contribution is 2.11. The first-order chi connectivity index (χ1) is 11.3. The Kier molecular flexibility index (Phi) is 10.4. The average molecular weight is 460 g/mol. The number of rotatable bonds is 8. The lowest BCUT2D eigenvalue weighted by molar-refractivity contribution is 0.311. The summed E-state index contributed by atoms with van der Waals surface area (Å²) in [4.78, 5) is 10.1. The van der Waals surface area contributed by atoms with E-state index in [1.165, 1.54) is 4.88 Å². The number of nitrogens with zero attached hydrogens (tertiary/aromatic N) is 2. The third kappa shape index (κ3) is 7.96. The van der Waals surface area contributed by atoms with E-state index in [1.54, 1.807) is 11.3 Å². The Labute approximate surface area is 165 Å². The summed E-state index contributed by atoms with van der Waals surface area (Å²) in [6, 6.07) is 9.87. The first kappa shape index (κ1) is 20.7. The smallest absolute Gasteiger partial charge is 0.191 e. The maximum absolute atomic E-state index is 5.67. The first-order valence-corrected chi connectivity index (χ1v) is 8.71. The van der Waals surface area contributed by atoms with E-state index in [4.69, 9.17) is 4.74 Å². The Hall–Kier alpha value is -1.35. The van der Waals surface area contributed by atoms with E-state index in [0.717, 1.165) is 36.2 Å². The number of guanidine groups is 1. The zero-order chi connectivity index (χ0) is 16.3. The number of benzene rings is 1. The van der Waals surface area contributed by atoms with E-state index < -0.39 is 0 Å². The molecule has 0 aliphatic carbocycles. The van der Waals surface area contributed by atoms with Gasteiger partial charge in [0.15, 0.2) is 5.96 Å². The monoisotopic (exact) mass is 460 g/mol. The first-order valence-electron chi connectivity index (χ1n) is 7.89. The molecule has 2 rings (SSSR count). The van der Waals surface area contributed by atoms with E-state index in [1.807, 2.05) is 36.5 Å². The minimum atomic E-state index is 0. The van der Waals surface area contributed by atoms with Crippen LogP contribution in [0.25, 0.3) is 0 Å². The number of ether oxygens (including phenoxy) is 1. The second-order valence-electron chi connectivity index (χ2n) is 5.00. The topological polar surface area (TPSA) is 58.5 Å². The van der Waals surface area contributed by atoms with Crippen LogP contribution in [-0.4, -0.2) is 30.6 Å². The van der Waals surface area contributed by atoms with Crippen LogP contribution in [0.3, 0.4) is 0 Å². The molecule has 2 aromatic rings. The molecular weight excluding hydrogens is 435 g/mol. The summed E-state index contributed by atoms with van der Waals surface area (Å²) in [7, 11) is 0. The lowest BCUT2D eigenvalue weighted by Crippen LogP contribution is -2.38. The third-order valence-corrected chi connectivity index (χ3v) is 3.91. The lowest BCUT2D eigenvalue weighted by atomic mass is 10.3. The molecule has 0 aliphatic rings. The second-order valence-corrected chi connectivity index (χ2v) is 6.32. The van der Waals surface area contributed by atoms with Gasteiger partial charge in [0.05, 0.1) is 13.2 Å². The van der Waals surface area contributed by atoms with Crippen LogP contribution in [0, 0.1) is 6.92 Å². The van der Waals surface area contributed by atoms with Crippen molar-refractivity contribution in [3.05, 3.63) is 46.4 Å². The SMILES string of the molecule is CCNC(=NCc1ncc(C)s1)NCCCOc1ccccc1.I. The minimum Gasteiger partial charge on any atom is -0.494 e. The van der Waals surface area contributed by atoms with Gasteiger partial charge in [0.25, 0.3) is 0 Å². The largest absolute Gasteiger partial charge is 0.494 e. The number of nitrogens with one attached hydrogen (secondary N) is 2. The molecule has 0 atom stereocenters. The Morgan fingerprint density at radius 3 is 2.71 bits per heavy atom. The number of halogens is 1. The highest BCUT2D eigenvalue weighted by molar-refractivity contribution is 14.0. The number of para-hydroxylation sites is 1. The van der Waals surface area contributed by atoms with Gasteiger partial charge in [0.1, 0.15) is 10.8 Å². The molecule has 0 fully saturated rings. The van der Waals surface area contributed by atoms with Crippen LogP contribution in [0.4, 0.5) is 0 Å². The zero-order valence-corrected chi connectivity index (χ0v) is 17.3. The Balaban J connectivity index is 0.00000288. The fourth-order valence-corrected chi connectivity index (χ4v) is 2.66. The van der Waals surface area contributed by atoms with Gasteiger partial charge in [-0.15, -0.1) is 35.3 Å². The van der Waals surface area contributed by atoms with E-state index in [9.17, 15) is 0 Å². The molecule has 0 radical (unpaired) electrons. The third-order valence-electron chi connectivity index (χ3n) is 3.01. The molecule has 0 saturated heterocycles. The molecule has 0 unspecified atom stereocenters. The highest BCUT2D eigenvalue weighted by Gasteiger charge is 2.00. The molecule has 5 nitrogen and oxygen atoms in total. The van der Waals surface area contributed by atoms with Gasteiger partial charge in [-0.3, -0.25) is 0 Å². The molecule has 24 heavy (non-hydrogen) atoms. The van der Waals surface area contributed by atoms with E-state index in [2.05, 4.69) is 34.5 Å². The van der Waals surface area contributed by atoms with Gasteiger partial charge < -0.3 is 15.4 Å². The summed E-state index contributed by atoms with van der Waals surface area (Å²) >= 11 is 1.68. The van der Waals surface area contributed by atoms with Gasteiger partial charge in [-0.2, -0.15) is 0 Å². The van der Waals surface area contributed by atoms with Crippen LogP contribution in [0.1, 0.15) is 23.2 Å². The molecule has 0 amide bonds. The number of thiazole rings is 1. The van der Waals surface area contributed by atoms with Crippen molar-refractivity contribution >= 4 is 41.3 Å². The van der Waals surface area contributed by atoms with Crippen LogP contribution in [0.5, 0.6) is 5.75 Å². The number of hydrogen-bond donors (Lipinski definition) is 2. The van der Waals surface area contributed by atoms with Crippen molar-refractivity contribution in [2.45, 2.75) is 26.8 Å². The number of aromatic nitrogens is 1. The van der Waals surface area contributed by atoms with Crippen LogP contribution in [0.2, 0.25) is 0 Å². The van der Waals surface area contributed by atoms with Crippen LogP contribution >= 0.6 is 35.3 Å². The molecule has 0 saturated carbocycles. The van der Waals surface area contributed by atoms with Gasteiger partial charge in [0.2, 0.25) is 0 Å². The van der Waals surface area contributed by atoms with Crippen molar-refractivity contribution in [1.82, 2.24) is 15.6 Å². The summed E-state index contributed by atoms with van der Waals surface area (Å²) in [5.41, 5.74) is 0. The summed E-state index contributed by atoms with van der Waals surface area (Å²) in [6.07, 6.45) is 2.80. The maximum atomic E-state index is 5.67. The summed E-state index contributed by atoms with van der Waals surface area (Å²) in [6.45, 7) is 7.06. The molecule has 0 bridgehead atoms. The molecule has 132 valence electrons. The summed E-state index contributed by atoms with van der Waals surface area (Å²) < 4.78 is 5.67. The number of aliphatic imine (C=N–C) groups is 1. The minimum absolute atomic E-state index is 0. The van der Waals surface area contributed by atoms with Crippen LogP contribution in [0.15, 0.2) is 41.5 Å². The van der Waals surface area contributed by atoms with Gasteiger partial charge >= 0.3 is 0 Å². The van der Waals surface area contributed by atoms with Gasteiger partial charge in [-0.25, -0.2) is 9.98 Å². The Bertz CT molecular complexity index is 604. The zero-order valence-electron chi connectivity index (χ0n) is 14.1. The summed E-state index contributed by atoms with van der Waals surface area (Å²) in [5.74, 6) is 1.73. The van der Waals surface area contributed by atoms with Crippen LogP contribution in [-0.2, 0) is 6.54 Å². The second kappa shape index (κ2) is 12.1. The van der Waals surface area contributed by atoms with E-state index >= 15 is 0 Å². The average Bonchev–Trinajstić information content (AvgIpc) is 2.98. The van der Waals surface area contributed by atoms with Crippen molar-refractivity contribution in [1.29, 1.82) is 0 Å². The molecule has 7 heteroatoms. The fraction of sp³-hybridized carbons (Fsp3) is 0.412. The lowest BCUT2D eigenvalue weighted by Gasteiger charge is -2.11. The quantitative estimate of drug-likeness (QED) is 0.274. The molecule has 0 spiro atoms. The maximum Gasteiger partial charge on any atom is 0.191 e. The Morgan fingerprint density at radius 1 is 1.25 bits per heavy atom. The number of hydrogen-bond acceptors (Lipinski definition) is 4. The van der Waals surface area contributed by atoms with Crippen molar-refractivity contribution in [2.24, 2.45) is 4.99 Å². The molecule has 1 heterocycles. The van der Waals surface area contributed by atoms with Crippen molar-refractivity contribution < 1.29 is 4.74 Å². The summed E-state index contributed by atoms with van der Waals surface area (Å²) in [5, 5.41) is 7.60. The molecule has 1 aromatic heterocycles. The van der Waals surface area contributed by atoms with E-state index in [0.29, 0.717) is 13.2 Å². The van der Waals surface area contributed by atoms with Crippen molar-refractivity contribution in [2.75, 3.05) is 19.7 Å². The molecular formula is C17H25IN4OS. The molecule has 2 N–H and O–H groups in total. The normalized spacial score (nSPS) is 10.8. The van der Waals surface area contributed by atoms with Gasteiger partial charge in [-0.05, 0) is 32.4 Å². The van der Waals surface area contributed by atoms with Gasteiger partial charge in [0, 0.05) is 24.2 Å². The van der Waals surface area contributed by atoms with Crippen LogP contribution < -0.4 is 15.4 Å².